The van der Waals surface area contributed by atoms with Crippen LogP contribution in [0.4, 0.5) is 0 Å². The highest BCUT2D eigenvalue weighted by Crippen LogP contribution is 2.32. The van der Waals surface area contributed by atoms with E-state index in [1.807, 2.05) is 19.1 Å². The summed E-state index contributed by atoms with van der Waals surface area (Å²) in [5.41, 5.74) is 5.90. The third-order valence-corrected chi connectivity index (χ3v) is 4.04. The third kappa shape index (κ3) is 2.93. The average Bonchev–Trinajstić information content (AvgIpc) is 2.41. The van der Waals surface area contributed by atoms with Gasteiger partial charge in [0.15, 0.2) is 0 Å². The fraction of sp³-hybridized carbons (Fsp3) is 0.294. The molecule has 2 aromatic carbocycles. The van der Waals surface area contributed by atoms with E-state index in [0.717, 1.165) is 22.4 Å². The molecule has 2 heteroatoms. The molecule has 0 heterocycles. The van der Waals surface area contributed by atoms with Gasteiger partial charge in [0.25, 0.3) is 0 Å². The molecule has 0 saturated heterocycles. The lowest BCUT2D eigenvalue weighted by Crippen LogP contribution is -1.96. The minimum absolute atomic E-state index is 0.121. The van der Waals surface area contributed by atoms with Crippen LogP contribution in [0.5, 0.6) is 5.75 Å². The Morgan fingerprint density at radius 2 is 1.42 bits per heavy atom. The van der Waals surface area contributed by atoms with Crippen molar-refractivity contribution in [2.24, 2.45) is 0 Å². The van der Waals surface area contributed by atoms with Crippen molar-refractivity contribution in [3.63, 3.8) is 0 Å². The van der Waals surface area contributed by atoms with Gasteiger partial charge in [-0.2, -0.15) is 0 Å². The van der Waals surface area contributed by atoms with Crippen LogP contribution in [0.1, 0.15) is 33.2 Å². The van der Waals surface area contributed by atoms with Gasteiger partial charge >= 0.3 is 0 Å². The summed E-state index contributed by atoms with van der Waals surface area (Å²) in [6.45, 7) is 6.26. The smallest absolute Gasteiger partial charge is 0.121 e. The molecule has 0 amide bonds. The minimum Gasteiger partial charge on any atom is -0.496 e. The number of alkyl halides is 1. The Morgan fingerprint density at radius 3 is 1.95 bits per heavy atom. The fourth-order valence-electron chi connectivity index (χ4n) is 2.17. The SMILES string of the molecule is COc1ccc(C(Cl)c2ccc(C)c(C)c2)cc1C. The van der Waals surface area contributed by atoms with Crippen molar-refractivity contribution in [1.82, 2.24) is 0 Å². The summed E-state index contributed by atoms with van der Waals surface area (Å²) in [5.74, 6) is 0.896. The normalized spacial score (nSPS) is 12.3. The van der Waals surface area contributed by atoms with Crippen molar-refractivity contribution in [3.8, 4) is 5.75 Å². The van der Waals surface area contributed by atoms with Gasteiger partial charge in [-0.25, -0.2) is 0 Å². The molecule has 1 atom stereocenters. The van der Waals surface area contributed by atoms with E-state index in [0.29, 0.717) is 0 Å². The maximum Gasteiger partial charge on any atom is 0.121 e. The van der Waals surface area contributed by atoms with Crippen LogP contribution in [0, 0.1) is 20.8 Å². The molecule has 100 valence electrons. The predicted molar refractivity (Wildman–Crippen MR) is 81.3 cm³/mol. The number of hydrogen-bond acceptors (Lipinski definition) is 1. The molecule has 0 radical (unpaired) electrons. The molecule has 2 aromatic rings. The minimum atomic E-state index is -0.121. The molecule has 1 nitrogen and oxygen atoms in total. The Balaban J connectivity index is 2.35. The second-order valence-electron chi connectivity index (χ2n) is 4.94. The van der Waals surface area contributed by atoms with Crippen molar-refractivity contribution in [1.29, 1.82) is 0 Å². The first-order valence-corrected chi connectivity index (χ1v) is 6.82. The first kappa shape index (κ1) is 14.0. The Morgan fingerprint density at radius 1 is 0.842 bits per heavy atom. The molecule has 0 N–H and O–H groups in total. The summed E-state index contributed by atoms with van der Waals surface area (Å²) < 4.78 is 5.28. The zero-order chi connectivity index (χ0) is 14.0. The van der Waals surface area contributed by atoms with Gasteiger partial charge in [-0.15, -0.1) is 11.6 Å². The van der Waals surface area contributed by atoms with Crippen molar-refractivity contribution in [2.45, 2.75) is 26.1 Å². The van der Waals surface area contributed by atoms with E-state index in [1.165, 1.54) is 11.1 Å². The number of aryl methyl sites for hydroxylation is 3. The summed E-state index contributed by atoms with van der Waals surface area (Å²) in [6.07, 6.45) is 0. The van der Waals surface area contributed by atoms with Crippen LogP contribution in [0.25, 0.3) is 0 Å². The molecular weight excluding hydrogens is 256 g/mol. The largest absolute Gasteiger partial charge is 0.496 e. The zero-order valence-electron chi connectivity index (χ0n) is 11.8. The van der Waals surface area contributed by atoms with Gasteiger partial charge in [-0.3, -0.25) is 0 Å². The van der Waals surface area contributed by atoms with Crippen LogP contribution < -0.4 is 4.74 Å². The number of halogens is 1. The van der Waals surface area contributed by atoms with Gasteiger partial charge in [0.1, 0.15) is 5.75 Å². The third-order valence-electron chi connectivity index (χ3n) is 3.54. The molecule has 0 aliphatic carbocycles. The summed E-state index contributed by atoms with van der Waals surface area (Å²) in [5, 5.41) is -0.121. The topological polar surface area (TPSA) is 9.23 Å². The van der Waals surface area contributed by atoms with Crippen LogP contribution in [0.3, 0.4) is 0 Å². The average molecular weight is 275 g/mol. The Kier molecular flexibility index (Phi) is 4.16. The van der Waals surface area contributed by atoms with Crippen molar-refractivity contribution < 1.29 is 4.74 Å². The van der Waals surface area contributed by atoms with Crippen LogP contribution in [-0.2, 0) is 0 Å². The van der Waals surface area contributed by atoms with Crippen molar-refractivity contribution in [2.75, 3.05) is 7.11 Å². The maximum absolute atomic E-state index is 6.58. The van der Waals surface area contributed by atoms with E-state index in [-0.39, 0.29) is 5.38 Å². The summed E-state index contributed by atoms with van der Waals surface area (Å²) in [7, 11) is 1.68. The molecule has 1 unspecified atom stereocenters. The summed E-state index contributed by atoms with van der Waals surface area (Å²) in [4.78, 5) is 0. The van der Waals surface area contributed by atoms with E-state index in [9.17, 15) is 0 Å². The van der Waals surface area contributed by atoms with Crippen LogP contribution in [-0.4, -0.2) is 7.11 Å². The van der Waals surface area contributed by atoms with E-state index >= 15 is 0 Å². The first-order chi connectivity index (χ1) is 9.02. The molecule has 0 aliphatic rings. The molecule has 0 saturated carbocycles. The van der Waals surface area contributed by atoms with E-state index in [4.69, 9.17) is 16.3 Å². The molecule has 0 bridgehead atoms. The van der Waals surface area contributed by atoms with Crippen LogP contribution >= 0.6 is 11.6 Å². The lowest BCUT2D eigenvalue weighted by Gasteiger charge is -2.14. The quantitative estimate of drug-likeness (QED) is 0.720. The number of hydrogen-bond donors (Lipinski definition) is 0. The molecule has 19 heavy (non-hydrogen) atoms. The monoisotopic (exact) mass is 274 g/mol. The number of methoxy groups -OCH3 is 1. The van der Waals surface area contributed by atoms with Gasteiger partial charge in [0.05, 0.1) is 12.5 Å². The van der Waals surface area contributed by atoms with E-state index in [1.54, 1.807) is 7.11 Å². The zero-order valence-corrected chi connectivity index (χ0v) is 12.6. The second-order valence-corrected chi connectivity index (χ2v) is 5.37. The van der Waals surface area contributed by atoms with Gasteiger partial charge in [-0.05, 0) is 54.7 Å². The number of rotatable bonds is 3. The van der Waals surface area contributed by atoms with Crippen LogP contribution in [0.15, 0.2) is 36.4 Å². The Hall–Kier alpha value is -1.47. The Labute approximate surface area is 120 Å². The first-order valence-electron chi connectivity index (χ1n) is 6.38. The molecule has 0 aromatic heterocycles. The maximum atomic E-state index is 6.58. The number of benzene rings is 2. The van der Waals surface area contributed by atoms with Gasteiger partial charge < -0.3 is 4.74 Å². The Bertz CT molecular complexity index is 590. The predicted octanol–water partition coefficient (Wildman–Crippen LogP) is 4.95. The second kappa shape index (κ2) is 5.66. The standard InChI is InChI=1S/C17H19ClO/c1-11-5-6-14(9-12(11)2)17(18)15-7-8-16(19-4)13(3)10-15/h5-10,17H,1-4H3. The lowest BCUT2D eigenvalue weighted by molar-refractivity contribution is 0.411. The van der Waals surface area contributed by atoms with Crippen molar-refractivity contribution >= 4 is 11.6 Å². The highest BCUT2D eigenvalue weighted by molar-refractivity contribution is 6.22. The molecule has 0 aliphatic heterocycles. The van der Waals surface area contributed by atoms with E-state index in [2.05, 4.69) is 38.1 Å². The summed E-state index contributed by atoms with van der Waals surface area (Å²) in [6, 6.07) is 12.5. The molecular formula is C17H19ClO. The number of ether oxygens (including phenoxy) is 1. The van der Waals surface area contributed by atoms with Gasteiger partial charge in [-0.1, -0.05) is 30.3 Å². The van der Waals surface area contributed by atoms with Gasteiger partial charge in [0, 0.05) is 0 Å². The highest BCUT2D eigenvalue weighted by Gasteiger charge is 2.12. The molecule has 0 spiro atoms. The highest BCUT2D eigenvalue weighted by atomic mass is 35.5. The fourth-order valence-corrected chi connectivity index (χ4v) is 2.45. The van der Waals surface area contributed by atoms with Crippen LogP contribution in [0.2, 0.25) is 0 Å². The molecule has 0 fully saturated rings. The van der Waals surface area contributed by atoms with E-state index < -0.39 is 0 Å². The molecule has 2 rings (SSSR count). The van der Waals surface area contributed by atoms with Crippen molar-refractivity contribution in [3.05, 3.63) is 64.2 Å². The van der Waals surface area contributed by atoms with Gasteiger partial charge in [0.2, 0.25) is 0 Å². The summed E-state index contributed by atoms with van der Waals surface area (Å²) >= 11 is 6.58. The lowest BCUT2D eigenvalue weighted by atomic mass is 9.99.